The Bertz CT molecular complexity index is 386. The molecule has 0 amide bonds. The van der Waals surface area contributed by atoms with Gasteiger partial charge >= 0.3 is 0 Å². The highest BCUT2D eigenvalue weighted by Gasteiger charge is 2.28. The van der Waals surface area contributed by atoms with Gasteiger partial charge in [0.1, 0.15) is 5.78 Å². The van der Waals surface area contributed by atoms with Gasteiger partial charge in [-0.25, -0.2) is 0 Å². The fourth-order valence-electron chi connectivity index (χ4n) is 2.43. The molecule has 0 aromatic heterocycles. The van der Waals surface area contributed by atoms with Gasteiger partial charge in [0, 0.05) is 18.4 Å². The summed E-state index contributed by atoms with van der Waals surface area (Å²) in [7, 11) is 0. The van der Waals surface area contributed by atoms with Crippen molar-refractivity contribution in [2.45, 2.75) is 32.7 Å². The first-order chi connectivity index (χ1) is 7.68. The Labute approximate surface area is 97.1 Å². The van der Waals surface area contributed by atoms with Crippen LogP contribution in [-0.4, -0.2) is 18.4 Å². The molecule has 1 aliphatic heterocycles. The van der Waals surface area contributed by atoms with Crippen LogP contribution in [0, 0.1) is 12.8 Å². The van der Waals surface area contributed by atoms with Gasteiger partial charge in [0.25, 0.3) is 0 Å². The smallest absolute Gasteiger partial charge is 0.141 e. The Balaban J connectivity index is 2.05. The van der Waals surface area contributed by atoms with Gasteiger partial charge in [0.05, 0.1) is 0 Å². The molecule has 1 heterocycles. The summed E-state index contributed by atoms with van der Waals surface area (Å²) in [6.07, 6.45) is 1.58. The van der Waals surface area contributed by atoms with Crippen molar-refractivity contribution in [2.75, 3.05) is 6.54 Å². The highest BCUT2D eigenvalue weighted by atomic mass is 16.1. The van der Waals surface area contributed by atoms with Crippen LogP contribution in [0.3, 0.4) is 0 Å². The van der Waals surface area contributed by atoms with E-state index >= 15 is 0 Å². The Morgan fingerprint density at radius 3 is 2.81 bits per heavy atom. The van der Waals surface area contributed by atoms with Crippen molar-refractivity contribution in [3.05, 3.63) is 35.4 Å². The summed E-state index contributed by atoms with van der Waals surface area (Å²) >= 11 is 0. The fourth-order valence-corrected chi connectivity index (χ4v) is 2.43. The van der Waals surface area contributed by atoms with Gasteiger partial charge in [0.2, 0.25) is 0 Å². The van der Waals surface area contributed by atoms with E-state index in [9.17, 15) is 4.79 Å². The first-order valence-electron chi connectivity index (χ1n) is 5.99. The number of Topliss-reactive ketones (excluding diaryl/α,β-unsaturated/α-hetero) is 1. The van der Waals surface area contributed by atoms with Crippen molar-refractivity contribution >= 4 is 5.78 Å². The number of carbonyl (C=O) groups excluding carboxylic acids is 1. The van der Waals surface area contributed by atoms with Crippen molar-refractivity contribution in [3.8, 4) is 0 Å². The largest absolute Gasteiger partial charge is 0.314 e. The van der Waals surface area contributed by atoms with E-state index < -0.39 is 0 Å². The minimum atomic E-state index is 0.208. The molecule has 16 heavy (non-hydrogen) atoms. The third-order valence-electron chi connectivity index (χ3n) is 3.56. The van der Waals surface area contributed by atoms with Gasteiger partial charge in [-0.05, 0) is 37.9 Å². The monoisotopic (exact) mass is 217 g/mol. The number of carbonyl (C=O) groups is 1. The SMILES string of the molecule is Cc1ccccc1CC(=O)C1CCNC1C. The molecule has 1 N–H and O–H groups in total. The number of hydrogen-bond donors (Lipinski definition) is 1. The molecule has 0 radical (unpaired) electrons. The zero-order valence-corrected chi connectivity index (χ0v) is 9.99. The van der Waals surface area contributed by atoms with Gasteiger partial charge in [0.15, 0.2) is 0 Å². The lowest BCUT2D eigenvalue weighted by atomic mass is 9.91. The predicted molar refractivity (Wildman–Crippen MR) is 65.5 cm³/mol. The normalized spacial score (nSPS) is 24.6. The van der Waals surface area contributed by atoms with Crippen LogP contribution < -0.4 is 5.32 Å². The zero-order chi connectivity index (χ0) is 11.5. The van der Waals surface area contributed by atoms with Gasteiger partial charge in [-0.3, -0.25) is 4.79 Å². The minimum Gasteiger partial charge on any atom is -0.314 e. The molecule has 2 nitrogen and oxygen atoms in total. The molecule has 0 bridgehead atoms. The topological polar surface area (TPSA) is 29.1 Å². The number of benzene rings is 1. The summed E-state index contributed by atoms with van der Waals surface area (Å²) in [5, 5.41) is 3.33. The highest BCUT2D eigenvalue weighted by molar-refractivity contribution is 5.84. The fraction of sp³-hybridized carbons (Fsp3) is 0.500. The van der Waals surface area contributed by atoms with Crippen LogP contribution in [0.1, 0.15) is 24.5 Å². The van der Waals surface area contributed by atoms with Crippen LogP contribution in [0.25, 0.3) is 0 Å². The number of aryl methyl sites for hydroxylation is 1. The predicted octanol–water partition coefficient (Wildman–Crippen LogP) is 2.10. The quantitative estimate of drug-likeness (QED) is 0.840. The Morgan fingerprint density at radius 1 is 1.44 bits per heavy atom. The molecule has 2 rings (SSSR count). The summed E-state index contributed by atoms with van der Waals surface area (Å²) in [6.45, 7) is 5.15. The lowest BCUT2D eigenvalue weighted by Gasteiger charge is -2.14. The molecule has 1 fully saturated rings. The van der Waals surface area contributed by atoms with Gasteiger partial charge in [-0.2, -0.15) is 0 Å². The second-order valence-electron chi connectivity index (χ2n) is 4.71. The van der Waals surface area contributed by atoms with Gasteiger partial charge in [-0.1, -0.05) is 24.3 Å². The standard InChI is InChI=1S/C14H19NO/c1-10-5-3-4-6-12(10)9-14(16)13-7-8-15-11(13)2/h3-6,11,13,15H,7-9H2,1-2H3. The summed E-state index contributed by atoms with van der Waals surface area (Å²) in [6, 6.07) is 8.49. The summed E-state index contributed by atoms with van der Waals surface area (Å²) in [5.41, 5.74) is 2.39. The maximum absolute atomic E-state index is 12.1. The average molecular weight is 217 g/mol. The van der Waals surface area contributed by atoms with Crippen molar-refractivity contribution in [1.82, 2.24) is 5.32 Å². The van der Waals surface area contributed by atoms with Crippen LogP contribution in [0.15, 0.2) is 24.3 Å². The van der Waals surface area contributed by atoms with E-state index in [1.165, 1.54) is 11.1 Å². The molecule has 1 aliphatic rings. The maximum atomic E-state index is 12.1. The van der Waals surface area contributed by atoms with Crippen LogP contribution in [0.4, 0.5) is 0 Å². The molecule has 0 aliphatic carbocycles. The molecule has 1 aromatic carbocycles. The van der Waals surface area contributed by atoms with Crippen molar-refractivity contribution < 1.29 is 4.79 Å². The number of nitrogens with one attached hydrogen (secondary N) is 1. The molecule has 2 atom stereocenters. The summed E-state index contributed by atoms with van der Waals surface area (Å²) < 4.78 is 0. The van der Waals surface area contributed by atoms with Gasteiger partial charge < -0.3 is 5.32 Å². The first kappa shape index (κ1) is 11.3. The molecule has 0 spiro atoms. The molecular weight excluding hydrogens is 198 g/mol. The Morgan fingerprint density at radius 2 is 2.19 bits per heavy atom. The lowest BCUT2D eigenvalue weighted by molar-refractivity contribution is -0.122. The Kier molecular flexibility index (Phi) is 3.39. The molecule has 1 saturated heterocycles. The zero-order valence-electron chi connectivity index (χ0n) is 9.99. The van der Waals surface area contributed by atoms with Crippen molar-refractivity contribution in [3.63, 3.8) is 0 Å². The molecular formula is C14H19NO. The number of hydrogen-bond acceptors (Lipinski definition) is 2. The Hall–Kier alpha value is -1.15. The molecule has 1 aromatic rings. The molecule has 86 valence electrons. The van der Waals surface area contributed by atoms with E-state index in [-0.39, 0.29) is 5.92 Å². The van der Waals surface area contributed by atoms with E-state index in [2.05, 4.69) is 31.3 Å². The third-order valence-corrected chi connectivity index (χ3v) is 3.56. The highest BCUT2D eigenvalue weighted by Crippen LogP contribution is 2.19. The van der Waals surface area contributed by atoms with E-state index in [0.29, 0.717) is 18.2 Å². The maximum Gasteiger partial charge on any atom is 0.141 e. The molecule has 2 heteroatoms. The van der Waals surface area contributed by atoms with Crippen molar-refractivity contribution in [2.24, 2.45) is 5.92 Å². The first-order valence-corrected chi connectivity index (χ1v) is 5.99. The van der Waals surface area contributed by atoms with E-state index in [0.717, 1.165) is 13.0 Å². The number of ketones is 1. The summed E-state index contributed by atoms with van der Waals surface area (Å²) in [4.78, 5) is 12.1. The molecule has 0 saturated carbocycles. The van der Waals surface area contributed by atoms with Crippen LogP contribution in [0.5, 0.6) is 0 Å². The van der Waals surface area contributed by atoms with E-state index in [1.54, 1.807) is 0 Å². The van der Waals surface area contributed by atoms with Gasteiger partial charge in [-0.15, -0.1) is 0 Å². The third kappa shape index (κ3) is 2.33. The average Bonchev–Trinajstić information content (AvgIpc) is 2.68. The van der Waals surface area contributed by atoms with Crippen LogP contribution in [-0.2, 0) is 11.2 Å². The minimum absolute atomic E-state index is 0.208. The number of rotatable bonds is 3. The lowest BCUT2D eigenvalue weighted by Crippen LogP contribution is -2.29. The molecule has 2 unspecified atom stereocenters. The second kappa shape index (κ2) is 4.79. The summed E-state index contributed by atoms with van der Waals surface area (Å²) in [5.74, 6) is 0.589. The van der Waals surface area contributed by atoms with Crippen LogP contribution in [0.2, 0.25) is 0 Å². The van der Waals surface area contributed by atoms with E-state index in [4.69, 9.17) is 0 Å². The van der Waals surface area contributed by atoms with E-state index in [1.807, 2.05) is 12.1 Å². The van der Waals surface area contributed by atoms with Crippen LogP contribution >= 0.6 is 0 Å². The van der Waals surface area contributed by atoms with Crippen molar-refractivity contribution in [1.29, 1.82) is 0 Å². The second-order valence-corrected chi connectivity index (χ2v) is 4.71.